The van der Waals surface area contributed by atoms with Crippen LogP contribution in [0.5, 0.6) is 0 Å². The fourth-order valence-electron chi connectivity index (χ4n) is 1.70. The summed E-state index contributed by atoms with van der Waals surface area (Å²) in [6.07, 6.45) is 2.52. The van der Waals surface area contributed by atoms with Crippen molar-refractivity contribution >= 4 is 55.4 Å². The van der Waals surface area contributed by atoms with Crippen molar-refractivity contribution in [2.75, 3.05) is 11.5 Å². The first-order valence-corrected chi connectivity index (χ1v) is 10.1. The molecule has 0 spiro atoms. The number of halogens is 2. The zero-order chi connectivity index (χ0) is 14.2. The molecule has 2 aromatic carbocycles. The summed E-state index contributed by atoms with van der Waals surface area (Å²) in [5, 5.41) is 0. The Bertz CT molecular complexity index is 494. The Morgan fingerprint density at radius 2 is 1.15 bits per heavy atom. The van der Waals surface area contributed by atoms with E-state index in [1.54, 1.807) is 0 Å². The Hall–Kier alpha value is 0.1000. The fraction of sp³-hybridized carbons (Fsp3) is 0.250. The minimum absolute atomic E-state index is 1.16. The molecule has 0 radical (unpaired) electrons. The van der Waals surface area contributed by atoms with Crippen molar-refractivity contribution in [3.05, 3.63) is 57.5 Å². The molecule has 0 aliphatic rings. The monoisotopic (exact) mass is 430 g/mol. The van der Waals surface area contributed by atoms with E-state index in [2.05, 4.69) is 80.4 Å². The molecule has 0 aliphatic carbocycles. The lowest BCUT2D eigenvalue weighted by atomic mass is 10.4. The Morgan fingerprint density at radius 3 is 1.55 bits per heavy atom. The third kappa shape index (κ3) is 6.25. The summed E-state index contributed by atoms with van der Waals surface area (Å²) in [6, 6.07) is 17.0. The summed E-state index contributed by atoms with van der Waals surface area (Å²) in [4.78, 5) is 2.69. The molecule has 20 heavy (non-hydrogen) atoms. The van der Waals surface area contributed by atoms with Gasteiger partial charge in [-0.25, -0.2) is 0 Å². The molecule has 0 fully saturated rings. The number of rotatable bonds is 7. The van der Waals surface area contributed by atoms with Crippen LogP contribution in [0.1, 0.15) is 12.8 Å². The Balaban J connectivity index is 1.60. The van der Waals surface area contributed by atoms with Crippen molar-refractivity contribution in [1.82, 2.24) is 0 Å². The van der Waals surface area contributed by atoms with Gasteiger partial charge in [0.05, 0.1) is 0 Å². The number of hydrogen-bond donors (Lipinski definition) is 0. The van der Waals surface area contributed by atoms with E-state index in [-0.39, 0.29) is 0 Å². The maximum atomic E-state index is 3.51. The number of thioether (sulfide) groups is 2. The second-order valence-electron chi connectivity index (χ2n) is 4.32. The summed E-state index contributed by atoms with van der Waals surface area (Å²) >= 11 is 10.9. The highest BCUT2D eigenvalue weighted by atomic mass is 79.9. The third-order valence-corrected chi connectivity index (χ3v) is 5.81. The van der Waals surface area contributed by atoms with Crippen LogP contribution < -0.4 is 0 Å². The Morgan fingerprint density at radius 1 is 0.700 bits per heavy atom. The van der Waals surface area contributed by atoms with Crippen molar-refractivity contribution in [3.8, 4) is 0 Å². The molecule has 2 aromatic rings. The van der Waals surface area contributed by atoms with E-state index >= 15 is 0 Å². The fourth-order valence-corrected chi connectivity index (χ4v) is 4.74. The Labute approximate surface area is 146 Å². The topological polar surface area (TPSA) is 0 Å². The van der Waals surface area contributed by atoms with Gasteiger partial charge in [-0.1, -0.05) is 44.0 Å². The van der Waals surface area contributed by atoms with Crippen molar-refractivity contribution < 1.29 is 0 Å². The summed E-state index contributed by atoms with van der Waals surface area (Å²) < 4.78 is 2.32. The van der Waals surface area contributed by atoms with Gasteiger partial charge in [0.2, 0.25) is 0 Å². The predicted octanol–water partition coefficient (Wildman–Crippen LogP) is 6.88. The van der Waals surface area contributed by atoms with E-state index in [0.29, 0.717) is 0 Å². The quantitative estimate of drug-likeness (QED) is 0.346. The maximum absolute atomic E-state index is 3.51. The molecule has 0 heterocycles. The van der Waals surface area contributed by atoms with Gasteiger partial charge in [0.25, 0.3) is 0 Å². The summed E-state index contributed by atoms with van der Waals surface area (Å²) in [5.41, 5.74) is 0. The molecule has 0 aliphatic heterocycles. The molecule has 0 aromatic heterocycles. The summed E-state index contributed by atoms with van der Waals surface area (Å²) in [7, 11) is 0. The van der Waals surface area contributed by atoms with Crippen molar-refractivity contribution in [2.45, 2.75) is 22.6 Å². The molecule has 0 nitrogen and oxygen atoms in total. The number of benzene rings is 2. The molecule has 0 saturated heterocycles. The average molecular weight is 432 g/mol. The van der Waals surface area contributed by atoms with E-state index in [1.807, 2.05) is 23.5 Å². The normalized spacial score (nSPS) is 10.7. The van der Waals surface area contributed by atoms with Crippen LogP contribution in [0.3, 0.4) is 0 Å². The maximum Gasteiger partial charge on any atom is 0.0186 e. The van der Waals surface area contributed by atoms with E-state index in [0.717, 1.165) is 8.95 Å². The zero-order valence-electron chi connectivity index (χ0n) is 11.0. The largest absolute Gasteiger partial charge is 0.126 e. The van der Waals surface area contributed by atoms with E-state index < -0.39 is 0 Å². The smallest absolute Gasteiger partial charge is 0.0186 e. The highest BCUT2D eigenvalue weighted by Gasteiger charge is 1.97. The van der Waals surface area contributed by atoms with Gasteiger partial charge in [-0.05, 0) is 60.7 Å². The van der Waals surface area contributed by atoms with Crippen molar-refractivity contribution in [2.24, 2.45) is 0 Å². The predicted molar refractivity (Wildman–Crippen MR) is 99.0 cm³/mol. The van der Waals surface area contributed by atoms with Crippen molar-refractivity contribution in [3.63, 3.8) is 0 Å². The molecule has 4 heteroatoms. The first kappa shape index (κ1) is 16.5. The average Bonchev–Trinajstić information content (AvgIpc) is 2.43. The molecule has 0 atom stereocenters. The second kappa shape index (κ2) is 9.19. The van der Waals surface area contributed by atoms with Crippen LogP contribution in [0.25, 0.3) is 0 Å². The molecule has 0 N–H and O–H groups in total. The molecular formula is C16H16Br2S2. The molecule has 0 saturated carbocycles. The first-order valence-electron chi connectivity index (χ1n) is 6.51. The minimum Gasteiger partial charge on any atom is -0.126 e. The molecule has 0 amide bonds. The van der Waals surface area contributed by atoms with Crippen LogP contribution in [0.4, 0.5) is 0 Å². The van der Waals surface area contributed by atoms with Gasteiger partial charge in [-0.3, -0.25) is 0 Å². The number of hydrogen-bond acceptors (Lipinski definition) is 2. The minimum atomic E-state index is 1.16. The van der Waals surface area contributed by atoms with Crippen LogP contribution in [0.2, 0.25) is 0 Å². The summed E-state index contributed by atoms with van der Waals surface area (Å²) in [5.74, 6) is 2.38. The molecule has 106 valence electrons. The Kier molecular flexibility index (Phi) is 7.56. The lowest BCUT2D eigenvalue weighted by Crippen LogP contribution is -1.84. The standard InChI is InChI=1S/C16H16Br2S2/c17-13-5-3-7-15(11-13)19-9-1-2-10-20-16-8-4-6-14(18)12-16/h3-8,11-12H,1-2,9-10H2. The van der Waals surface area contributed by atoms with E-state index in [1.165, 1.54) is 34.1 Å². The number of unbranched alkanes of at least 4 members (excludes halogenated alkanes) is 1. The van der Waals surface area contributed by atoms with Crippen LogP contribution >= 0.6 is 55.4 Å². The van der Waals surface area contributed by atoms with Gasteiger partial charge in [0.1, 0.15) is 0 Å². The molecule has 2 rings (SSSR count). The lowest BCUT2D eigenvalue weighted by molar-refractivity contribution is 0.907. The van der Waals surface area contributed by atoms with Gasteiger partial charge in [0.15, 0.2) is 0 Å². The van der Waals surface area contributed by atoms with Crippen LogP contribution in [0, 0.1) is 0 Å². The third-order valence-electron chi connectivity index (χ3n) is 2.67. The highest BCUT2D eigenvalue weighted by Crippen LogP contribution is 2.25. The molecule has 0 unspecified atom stereocenters. The zero-order valence-corrected chi connectivity index (χ0v) is 15.8. The van der Waals surface area contributed by atoms with Gasteiger partial charge in [-0.2, -0.15) is 0 Å². The van der Waals surface area contributed by atoms with Gasteiger partial charge < -0.3 is 0 Å². The molecule has 0 bridgehead atoms. The van der Waals surface area contributed by atoms with Gasteiger partial charge >= 0.3 is 0 Å². The highest BCUT2D eigenvalue weighted by molar-refractivity contribution is 9.10. The van der Waals surface area contributed by atoms with Crippen molar-refractivity contribution in [1.29, 1.82) is 0 Å². The SMILES string of the molecule is Brc1cccc(SCCCCSc2cccc(Br)c2)c1. The first-order chi connectivity index (χ1) is 9.74. The molecular weight excluding hydrogens is 416 g/mol. The second-order valence-corrected chi connectivity index (χ2v) is 8.49. The van der Waals surface area contributed by atoms with Gasteiger partial charge in [-0.15, -0.1) is 23.5 Å². The van der Waals surface area contributed by atoms with Crippen LogP contribution in [-0.2, 0) is 0 Å². The summed E-state index contributed by atoms with van der Waals surface area (Å²) in [6.45, 7) is 0. The van der Waals surface area contributed by atoms with E-state index in [9.17, 15) is 0 Å². The van der Waals surface area contributed by atoms with Gasteiger partial charge in [0, 0.05) is 18.7 Å². The lowest BCUT2D eigenvalue weighted by Gasteiger charge is -2.03. The van der Waals surface area contributed by atoms with Crippen LogP contribution in [-0.4, -0.2) is 11.5 Å². The van der Waals surface area contributed by atoms with Crippen LogP contribution in [0.15, 0.2) is 67.3 Å². The van der Waals surface area contributed by atoms with E-state index in [4.69, 9.17) is 0 Å².